The summed E-state index contributed by atoms with van der Waals surface area (Å²) in [6.07, 6.45) is 6.29. The van der Waals surface area contributed by atoms with Gasteiger partial charge in [0.25, 0.3) is 0 Å². The minimum Gasteiger partial charge on any atom is -0.370 e. The van der Waals surface area contributed by atoms with Gasteiger partial charge >= 0.3 is 5.97 Å². The number of nitrogens with two attached hydrogens (primary N) is 1. The Morgan fingerprint density at radius 3 is 1.87 bits per heavy atom. The predicted molar refractivity (Wildman–Crippen MR) is 54.9 cm³/mol. The standard InChI is InChI=1S/C10H19NO4/c11-9(12)7-5-3-1-2-4-6-8-10(13)15-14/h14H,1-8H2,(H2,11,12). The van der Waals surface area contributed by atoms with Gasteiger partial charge in [0.05, 0.1) is 0 Å². The molecule has 0 heterocycles. The Balaban J connectivity index is 3.05. The molecular formula is C10H19NO4. The van der Waals surface area contributed by atoms with E-state index >= 15 is 0 Å². The van der Waals surface area contributed by atoms with E-state index in [4.69, 9.17) is 11.0 Å². The first-order valence-electron chi connectivity index (χ1n) is 5.29. The second-order valence-corrected chi connectivity index (χ2v) is 3.55. The molecular weight excluding hydrogens is 198 g/mol. The molecule has 0 aromatic heterocycles. The van der Waals surface area contributed by atoms with Crippen LogP contribution in [0.1, 0.15) is 51.4 Å². The van der Waals surface area contributed by atoms with Crippen molar-refractivity contribution >= 4 is 11.9 Å². The van der Waals surface area contributed by atoms with E-state index in [9.17, 15) is 9.59 Å². The van der Waals surface area contributed by atoms with Crippen molar-refractivity contribution in [3.8, 4) is 0 Å². The van der Waals surface area contributed by atoms with Crippen molar-refractivity contribution in [2.24, 2.45) is 5.73 Å². The van der Waals surface area contributed by atoms with Crippen molar-refractivity contribution in [1.29, 1.82) is 0 Å². The lowest BCUT2D eigenvalue weighted by Gasteiger charge is -1.99. The molecule has 1 amide bonds. The van der Waals surface area contributed by atoms with Gasteiger partial charge in [0, 0.05) is 12.8 Å². The molecule has 0 rings (SSSR count). The number of unbranched alkanes of at least 4 members (excludes halogenated alkanes) is 5. The Bertz CT molecular complexity index is 194. The highest BCUT2D eigenvalue weighted by atomic mass is 17.1. The Morgan fingerprint density at radius 1 is 0.933 bits per heavy atom. The third-order valence-corrected chi connectivity index (χ3v) is 2.16. The summed E-state index contributed by atoms with van der Waals surface area (Å²) in [6, 6.07) is 0. The lowest BCUT2D eigenvalue weighted by atomic mass is 10.1. The van der Waals surface area contributed by atoms with E-state index in [1.54, 1.807) is 0 Å². The van der Waals surface area contributed by atoms with Gasteiger partial charge in [-0.1, -0.05) is 25.7 Å². The lowest BCUT2D eigenvalue weighted by Crippen LogP contribution is -2.09. The van der Waals surface area contributed by atoms with Gasteiger partial charge in [-0.05, 0) is 12.8 Å². The van der Waals surface area contributed by atoms with Gasteiger partial charge in [0.2, 0.25) is 5.91 Å². The molecule has 0 aliphatic carbocycles. The molecule has 0 bridgehead atoms. The molecule has 5 nitrogen and oxygen atoms in total. The summed E-state index contributed by atoms with van der Waals surface area (Å²) >= 11 is 0. The van der Waals surface area contributed by atoms with Crippen LogP contribution in [0.5, 0.6) is 0 Å². The van der Waals surface area contributed by atoms with E-state index in [0.29, 0.717) is 6.42 Å². The summed E-state index contributed by atoms with van der Waals surface area (Å²) in [7, 11) is 0. The molecule has 0 unspecified atom stereocenters. The van der Waals surface area contributed by atoms with Crippen LogP contribution >= 0.6 is 0 Å². The second-order valence-electron chi connectivity index (χ2n) is 3.55. The highest BCUT2D eigenvalue weighted by Crippen LogP contribution is 2.08. The molecule has 0 aromatic carbocycles. The molecule has 15 heavy (non-hydrogen) atoms. The quantitative estimate of drug-likeness (QED) is 0.349. The minimum absolute atomic E-state index is 0.249. The molecule has 0 saturated carbocycles. The van der Waals surface area contributed by atoms with Crippen molar-refractivity contribution in [2.75, 3.05) is 0 Å². The Kier molecular flexibility index (Phi) is 8.76. The first kappa shape index (κ1) is 13.9. The van der Waals surface area contributed by atoms with Crippen LogP contribution in [-0.2, 0) is 14.5 Å². The SMILES string of the molecule is NC(=O)CCCCCCCCC(=O)OO. The van der Waals surface area contributed by atoms with E-state index in [1.165, 1.54) is 0 Å². The number of amides is 1. The summed E-state index contributed by atoms with van der Waals surface area (Å²) < 4.78 is 0. The zero-order valence-electron chi connectivity index (χ0n) is 8.91. The Hall–Kier alpha value is -1.10. The van der Waals surface area contributed by atoms with Gasteiger partial charge in [0.15, 0.2) is 0 Å². The van der Waals surface area contributed by atoms with Crippen LogP contribution in [0.25, 0.3) is 0 Å². The number of primary amides is 1. The molecule has 0 atom stereocenters. The third kappa shape index (κ3) is 10.8. The maximum atomic E-state index is 10.5. The number of hydrogen-bond donors (Lipinski definition) is 2. The third-order valence-electron chi connectivity index (χ3n) is 2.16. The van der Waals surface area contributed by atoms with Crippen LogP contribution in [0.2, 0.25) is 0 Å². The first-order valence-corrected chi connectivity index (χ1v) is 5.29. The van der Waals surface area contributed by atoms with Crippen molar-refractivity contribution in [3.63, 3.8) is 0 Å². The summed E-state index contributed by atoms with van der Waals surface area (Å²) in [5.74, 6) is -0.829. The number of rotatable bonds is 9. The summed E-state index contributed by atoms with van der Waals surface area (Å²) in [5.41, 5.74) is 4.99. The molecule has 0 aromatic rings. The molecule has 0 saturated heterocycles. The highest BCUT2D eigenvalue weighted by Gasteiger charge is 2.00. The fraction of sp³-hybridized carbons (Fsp3) is 0.800. The summed E-state index contributed by atoms with van der Waals surface area (Å²) in [4.78, 5) is 24.4. The average Bonchev–Trinajstić information content (AvgIpc) is 2.21. The van der Waals surface area contributed by atoms with Gasteiger partial charge in [0.1, 0.15) is 0 Å². The first-order chi connectivity index (χ1) is 7.16. The number of hydrogen-bond acceptors (Lipinski definition) is 4. The molecule has 0 aliphatic rings. The van der Waals surface area contributed by atoms with Crippen molar-refractivity contribution in [1.82, 2.24) is 0 Å². The largest absolute Gasteiger partial charge is 0.370 e. The normalized spacial score (nSPS) is 9.93. The average molecular weight is 217 g/mol. The van der Waals surface area contributed by atoms with Crippen molar-refractivity contribution < 1.29 is 19.7 Å². The van der Waals surface area contributed by atoms with Crippen molar-refractivity contribution in [2.45, 2.75) is 51.4 Å². The maximum absolute atomic E-state index is 10.5. The van der Waals surface area contributed by atoms with Crippen LogP contribution in [0.3, 0.4) is 0 Å². The number of carbonyl (C=O) groups excluding carboxylic acids is 2. The van der Waals surface area contributed by atoms with Crippen LogP contribution in [0.4, 0.5) is 0 Å². The topological polar surface area (TPSA) is 89.6 Å². The lowest BCUT2D eigenvalue weighted by molar-refractivity contribution is -0.234. The van der Waals surface area contributed by atoms with Crippen LogP contribution in [0.15, 0.2) is 0 Å². The molecule has 0 radical (unpaired) electrons. The van der Waals surface area contributed by atoms with Gasteiger partial charge in [-0.25, -0.2) is 4.79 Å². The Morgan fingerprint density at radius 2 is 1.40 bits per heavy atom. The predicted octanol–water partition coefficient (Wildman–Crippen LogP) is 1.61. The van der Waals surface area contributed by atoms with Crippen LogP contribution < -0.4 is 5.73 Å². The van der Waals surface area contributed by atoms with Gasteiger partial charge in [-0.15, -0.1) is 0 Å². The fourth-order valence-corrected chi connectivity index (χ4v) is 1.32. The van der Waals surface area contributed by atoms with Gasteiger partial charge < -0.3 is 10.6 Å². The summed E-state index contributed by atoms with van der Waals surface area (Å²) in [5, 5.41) is 7.97. The summed E-state index contributed by atoms with van der Waals surface area (Å²) in [6.45, 7) is 0. The van der Waals surface area contributed by atoms with E-state index in [2.05, 4.69) is 4.89 Å². The van der Waals surface area contributed by atoms with E-state index in [1.807, 2.05) is 0 Å². The van der Waals surface area contributed by atoms with E-state index in [-0.39, 0.29) is 12.3 Å². The molecule has 5 heteroatoms. The zero-order valence-corrected chi connectivity index (χ0v) is 8.91. The van der Waals surface area contributed by atoms with Gasteiger partial charge in [-0.2, -0.15) is 5.26 Å². The molecule has 88 valence electrons. The number of carbonyl (C=O) groups is 2. The van der Waals surface area contributed by atoms with E-state index < -0.39 is 5.97 Å². The fourth-order valence-electron chi connectivity index (χ4n) is 1.32. The van der Waals surface area contributed by atoms with Crippen LogP contribution in [0, 0.1) is 0 Å². The van der Waals surface area contributed by atoms with Crippen molar-refractivity contribution in [3.05, 3.63) is 0 Å². The maximum Gasteiger partial charge on any atom is 0.342 e. The van der Waals surface area contributed by atoms with Crippen LogP contribution in [-0.4, -0.2) is 17.1 Å². The molecule has 0 fully saturated rings. The Labute approximate surface area is 89.5 Å². The second kappa shape index (κ2) is 9.45. The van der Waals surface area contributed by atoms with Gasteiger partial charge in [-0.3, -0.25) is 4.79 Å². The van der Waals surface area contributed by atoms with E-state index in [0.717, 1.165) is 38.5 Å². The highest BCUT2D eigenvalue weighted by molar-refractivity contribution is 5.73. The monoisotopic (exact) mass is 217 g/mol. The minimum atomic E-state index is -0.580. The molecule has 3 N–H and O–H groups in total. The molecule has 0 aliphatic heterocycles. The smallest absolute Gasteiger partial charge is 0.342 e. The molecule has 0 spiro atoms. The zero-order chi connectivity index (χ0) is 11.5.